The molecule has 0 aliphatic heterocycles. The van der Waals surface area contributed by atoms with Crippen molar-refractivity contribution < 1.29 is 17.6 Å². The van der Waals surface area contributed by atoms with Crippen molar-refractivity contribution in [1.29, 1.82) is 0 Å². The second kappa shape index (κ2) is 10.1. The third-order valence-corrected chi connectivity index (χ3v) is 7.68. The van der Waals surface area contributed by atoms with Crippen molar-refractivity contribution in [2.24, 2.45) is 0 Å². The van der Waals surface area contributed by atoms with Crippen LogP contribution in [0.5, 0.6) is 0 Å². The summed E-state index contributed by atoms with van der Waals surface area (Å²) in [6, 6.07) is 9.87. The highest BCUT2D eigenvalue weighted by Crippen LogP contribution is 2.26. The molecule has 0 unspecified atom stereocenters. The maximum Gasteiger partial charge on any atom is 0.319 e. The predicted molar refractivity (Wildman–Crippen MR) is 136 cm³/mol. The van der Waals surface area contributed by atoms with Crippen LogP contribution in [-0.2, 0) is 10.0 Å². The Bertz CT molecular complexity index is 1460. The van der Waals surface area contributed by atoms with E-state index in [2.05, 4.69) is 20.7 Å². The fraction of sp³-hybridized carbons (Fsp3) is 0.320. The molecule has 4 rings (SSSR count). The van der Waals surface area contributed by atoms with Crippen LogP contribution in [0.4, 0.5) is 26.2 Å². The number of aryl methyl sites for hydroxylation is 2. The Morgan fingerprint density at radius 3 is 2.14 bits per heavy atom. The molecule has 3 aromatic rings. The maximum absolute atomic E-state index is 13.7. The average molecular weight is 515 g/mol. The number of rotatable bonds is 7. The first-order chi connectivity index (χ1) is 17.0. The fourth-order valence-corrected chi connectivity index (χ4v) is 5.22. The highest BCUT2D eigenvalue weighted by atomic mass is 32.2. The Hall–Kier alpha value is -3.73. The van der Waals surface area contributed by atoms with Crippen molar-refractivity contribution in [3.8, 4) is 0 Å². The second-order valence-electron chi connectivity index (χ2n) is 9.08. The number of amides is 2. The minimum Gasteiger partial charge on any atom is -0.377 e. The zero-order valence-corrected chi connectivity index (χ0v) is 20.7. The number of hydrogen-bond acceptors (Lipinski definition) is 6. The molecule has 1 fully saturated rings. The van der Waals surface area contributed by atoms with Crippen LogP contribution in [0.15, 0.2) is 56.9 Å². The van der Waals surface area contributed by atoms with Crippen molar-refractivity contribution in [3.05, 3.63) is 79.9 Å². The molecule has 190 valence electrons. The number of sulfonamides is 1. The third-order valence-electron chi connectivity index (χ3n) is 6.32. The number of carbonyl (C=O) groups is 1. The first kappa shape index (κ1) is 25.4. The molecule has 4 N–H and O–H groups in total. The second-order valence-corrected chi connectivity index (χ2v) is 10.8. The van der Waals surface area contributed by atoms with Gasteiger partial charge in [0, 0.05) is 17.8 Å². The summed E-state index contributed by atoms with van der Waals surface area (Å²) in [6.45, 7) is 3.46. The van der Waals surface area contributed by atoms with E-state index in [4.69, 9.17) is 0 Å². The molecule has 0 aromatic heterocycles. The summed E-state index contributed by atoms with van der Waals surface area (Å²) < 4.78 is 41.2. The molecule has 36 heavy (non-hydrogen) atoms. The molecule has 3 aromatic carbocycles. The van der Waals surface area contributed by atoms with Gasteiger partial charge in [0.15, 0.2) is 0 Å². The Morgan fingerprint density at radius 2 is 1.50 bits per heavy atom. The minimum atomic E-state index is -4.02. The van der Waals surface area contributed by atoms with Gasteiger partial charge >= 0.3 is 6.03 Å². The summed E-state index contributed by atoms with van der Waals surface area (Å²) in [6.07, 6.45) is 2.39. The van der Waals surface area contributed by atoms with E-state index in [1.54, 1.807) is 31.2 Å². The first-order valence-corrected chi connectivity index (χ1v) is 13.0. The summed E-state index contributed by atoms with van der Waals surface area (Å²) in [7, 11) is -4.02. The molecule has 1 saturated carbocycles. The summed E-state index contributed by atoms with van der Waals surface area (Å²) in [5.41, 5.74) is -0.213. The van der Waals surface area contributed by atoms with Gasteiger partial charge in [0.25, 0.3) is 20.9 Å². The van der Waals surface area contributed by atoms with Gasteiger partial charge in [0.2, 0.25) is 0 Å². The van der Waals surface area contributed by atoms with E-state index in [-0.39, 0.29) is 28.4 Å². The Labute approximate surface area is 207 Å². The van der Waals surface area contributed by atoms with Crippen LogP contribution in [0, 0.1) is 19.7 Å². The Balaban J connectivity index is 1.32. The molecule has 9 nitrogen and oxygen atoms in total. The van der Waals surface area contributed by atoms with Crippen LogP contribution >= 0.6 is 0 Å². The van der Waals surface area contributed by atoms with Gasteiger partial charge in [0.1, 0.15) is 17.2 Å². The number of nitrogens with one attached hydrogen (secondary N) is 4. The molecule has 11 heteroatoms. The van der Waals surface area contributed by atoms with Crippen molar-refractivity contribution in [2.75, 3.05) is 15.4 Å². The number of anilines is 3. The van der Waals surface area contributed by atoms with Gasteiger partial charge in [-0.15, -0.1) is 0 Å². The molecule has 2 amide bonds. The van der Waals surface area contributed by atoms with E-state index in [0.717, 1.165) is 5.56 Å². The van der Waals surface area contributed by atoms with Crippen LogP contribution in [0.3, 0.4) is 0 Å². The van der Waals surface area contributed by atoms with E-state index in [1.165, 1.54) is 18.2 Å². The summed E-state index contributed by atoms with van der Waals surface area (Å²) in [5.74, 6) is -0.404. The number of hydrogen-bond donors (Lipinski definition) is 4. The summed E-state index contributed by atoms with van der Waals surface area (Å²) >= 11 is 0. The average Bonchev–Trinajstić information content (AvgIpc) is 2.84. The monoisotopic (exact) mass is 514 g/mol. The highest BCUT2D eigenvalue weighted by Gasteiger charge is 2.29. The first-order valence-electron chi connectivity index (χ1n) is 11.6. The molecular weight excluding hydrogens is 487 g/mol. The molecule has 1 aliphatic rings. The highest BCUT2D eigenvalue weighted by molar-refractivity contribution is 7.92. The molecule has 0 spiro atoms. The topological polar surface area (TPSA) is 133 Å². The normalized spacial score (nSPS) is 18.0. The van der Waals surface area contributed by atoms with E-state index >= 15 is 0 Å². The van der Waals surface area contributed by atoms with Crippen molar-refractivity contribution >= 4 is 33.1 Å². The molecule has 0 heterocycles. The summed E-state index contributed by atoms with van der Waals surface area (Å²) in [4.78, 5) is 36.5. The van der Waals surface area contributed by atoms with Gasteiger partial charge in [-0.25, -0.2) is 17.6 Å². The van der Waals surface area contributed by atoms with Crippen LogP contribution in [-0.4, -0.2) is 26.5 Å². The Kier molecular flexibility index (Phi) is 7.11. The van der Waals surface area contributed by atoms with E-state index in [1.807, 2.05) is 6.92 Å². The maximum atomic E-state index is 13.7. The standard InChI is InChI=1S/C25H27FN4O5S/c1-14-3-11-19(12-4-14)36(34,35)30-22-21(23(31)24(22)32)27-16-7-9-17(10-8-16)28-25(33)29-18-6-5-15(2)20(26)13-18/h3-6,11-13,16-17,27,30H,7-10H2,1-2H3,(H2,28,29,33). The van der Waals surface area contributed by atoms with Crippen molar-refractivity contribution in [1.82, 2.24) is 5.32 Å². The summed E-state index contributed by atoms with van der Waals surface area (Å²) in [5, 5.41) is 8.48. The van der Waals surface area contributed by atoms with E-state index in [0.29, 0.717) is 36.9 Å². The van der Waals surface area contributed by atoms with Crippen molar-refractivity contribution in [2.45, 2.75) is 56.5 Å². The minimum absolute atomic E-state index is 0.00895. The van der Waals surface area contributed by atoms with Gasteiger partial charge in [-0.1, -0.05) is 23.8 Å². The molecule has 0 radical (unpaired) electrons. The number of carbonyl (C=O) groups excluding carboxylic acids is 1. The molecule has 0 bridgehead atoms. The molecule has 0 saturated heterocycles. The smallest absolute Gasteiger partial charge is 0.319 e. The quantitative estimate of drug-likeness (QED) is 0.357. The van der Waals surface area contributed by atoms with Crippen molar-refractivity contribution in [3.63, 3.8) is 0 Å². The zero-order valence-electron chi connectivity index (χ0n) is 19.9. The van der Waals surface area contributed by atoms with E-state index in [9.17, 15) is 27.2 Å². The van der Waals surface area contributed by atoms with Crippen LogP contribution in [0.1, 0.15) is 36.8 Å². The van der Waals surface area contributed by atoms with Crippen LogP contribution < -0.4 is 31.5 Å². The lowest BCUT2D eigenvalue weighted by molar-refractivity contribution is 0.243. The molecular formula is C25H27FN4O5S. The number of benzene rings is 2. The van der Waals surface area contributed by atoms with Crippen LogP contribution in [0.2, 0.25) is 0 Å². The number of halogens is 1. The largest absolute Gasteiger partial charge is 0.377 e. The fourth-order valence-electron chi connectivity index (χ4n) is 4.15. The Morgan fingerprint density at radius 1 is 0.889 bits per heavy atom. The van der Waals surface area contributed by atoms with Gasteiger partial charge in [-0.2, -0.15) is 0 Å². The van der Waals surface area contributed by atoms with Gasteiger partial charge < -0.3 is 16.0 Å². The number of urea groups is 1. The van der Waals surface area contributed by atoms with Gasteiger partial charge in [-0.3, -0.25) is 14.3 Å². The predicted octanol–water partition coefficient (Wildman–Crippen LogP) is 3.38. The van der Waals surface area contributed by atoms with E-state index < -0.39 is 32.7 Å². The van der Waals surface area contributed by atoms with Gasteiger partial charge in [-0.05, 0) is 69.4 Å². The zero-order chi connectivity index (χ0) is 26.0. The lowest BCUT2D eigenvalue weighted by atomic mass is 9.91. The SMILES string of the molecule is Cc1ccc(S(=O)(=O)Nc2c(NC3CCC(NC(=O)Nc4ccc(C)c(F)c4)CC3)c(=O)c2=O)cc1. The third kappa shape index (κ3) is 5.56. The molecule has 1 aliphatic carbocycles. The van der Waals surface area contributed by atoms with Gasteiger partial charge in [0.05, 0.1) is 4.90 Å². The lowest BCUT2D eigenvalue weighted by Crippen LogP contribution is -2.44. The molecule has 0 atom stereocenters. The van der Waals surface area contributed by atoms with Crippen LogP contribution in [0.25, 0.3) is 0 Å². The lowest BCUT2D eigenvalue weighted by Gasteiger charge is -2.31.